The van der Waals surface area contributed by atoms with E-state index in [0.717, 1.165) is 24.3 Å². The molecule has 0 aromatic heterocycles. The number of rotatable bonds is 3. The number of anilines is 2. The summed E-state index contributed by atoms with van der Waals surface area (Å²) in [7, 11) is 0. The number of carbonyl (C=O) groups excluding carboxylic acids is 1. The van der Waals surface area contributed by atoms with Crippen LogP contribution in [0.2, 0.25) is 0 Å². The highest BCUT2D eigenvalue weighted by Crippen LogP contribution is 2.36. The molecule has 2 aromatic carbocycles. The van der Waals surface area contributed by atoms with Crippen molar-refractivity contribution in [1.82, 2.24) is 4.90 Å². The minimum Gasteiger partial charge on any atom is -0.444 e. The lowest BCUT2D eigenvalue weighted by molar-refractivity contribution is -0.138. The van der Waals surface area contributed by atoms with Crippen LogP contribution in [0.4, 0.5) is 42.5 Å². The van der Waals surface area contributed by atoms with Crippen molar-refractivity contribution in [2.24, 2.45) is 0 Å². The number of carbonyl (C=O) groups is 1. The van der Waals surface area contributed by atoms with E-state index >= 15 is 0 Å². The molecule has 4 nitrogen and oxygen atoms in total. The highest BCUT2D eigenvalue weighted by molar-refractivity contribution is 5.70. The van der Waals surface area contributed by atoms with E-state index in [4.69, 9.17) is 4.74 Å². The Labute approximate surface area is 193 Å². The number of nitrogens with zero attached hydrogens (tertiary/aromatic N) is 2. The molecule has 0 radical (unpaired) electrons. The van der Waals surface area contributed by atoms with Crippen molar-refractivity contribution >= 4 is 17.5 Å². The Kier molecular flexibility index (Phi) is 6.91. The number of benzene rings is 2. The highest BCUT2D eigenvalue weighted by atomic mass is 19.4. The van der Waals surface area contributed by atoms with Gasteiger partial charge in [0.15, 0.2) is 0 Å². The normalized spacial score (nSPS) is 17.0. The van der Waals surface area contributed by atoms with Crippen LogP contribution in [-0.4, -0.2) is 35.7 Å². The van der Waals surface area contributed by atoms with Crippen LogP contribution in [-0.2, 0) is 17.1 Å². The largest absolute Gasteiger partial charge is 0.444 e. The van der Waals surface area contributed by atoms with Crippen LogP contribution in [0, 0.1) is 0 Å². The minimum atomic E-state index is -4.53. The zero-order chi connectivity index (χ0) is 25.3. The van der Waals surface area contributed by atoms with Crippen molar-refractivity contribution < 1.29 is 35.9 Å². The lowest BCUT2D eigenvalue weighted by atomic mass is 10.1. The van der Waals surface area contributed by atoms with Gasteiger partial charge in [0, 0.05) is 24.5 Å². The number of alkyl halides is 6. The average molecular weight is 486 g/mol. The van der Waals surface area contributed by atoms with Crippen LogP contribution in [0.3, 0.4) is 0 Å². The van der Waals surface area contributed by atoms with Crippen molar-refractivity contribution in [3.8, 4) is 0 Å². The molecule has 0 saturated carbocycles. The molecule has 1 unspecified atom stereocenters. The van der Waals surface area contributed by atoms with E-state index in [0.29, 0.717) is 11.4 Å². The summed E-state index contributed by atoms with van der Waals surface area (Å²) in [4.78, 5) is 15.6. The maximum absolute atomic E-state index is 13.0. The molecule has 2 aromatic rings. The average Bonchev–Trinajstić information content (AvgIpc) is 2.72. The number of halogens is 6. The maximum atomic E-state index is 13.0. The van der Waals surface area contributed by atoms with Crippen LogP contribution >= 0.6 is 0 Å². The lowest BCUT2D eigenvalue weighted by Crippen LogP contribution is -2.47. The summed E-state index contributed by atoms with van der Waals surface area (Å²) in [5.74, 6) is 0. The van der Waals surface area contributed by atoms with E-state index in [9.17, 15) is 31.1 Å². The van der Waals surface area contributed by atoms with Crippen LogP contribution < -0.4 is 4.90 Å². The molecule has 1 heterocycles. The quantitative estimate of drug-likeness (QED) is 0.345. The fraction of sp³-hybridized carbons (Fsp3) is 0.375. The van der Waals surface area contributed by atoms with Gasteiger partial charge >= 0.3 is 18.4 Å². The summed E-state index contributed by atoms with van der Waals surface area (Å²) in [5.41, 5.74) is -1.77. The Morgan fingerprint density at radius 3 is 1.68 bits per heavy atom. The van der Waals surface area contributed by atoms with Gasteiger partial charge in [-0.1, -0.05) is 12.2 Å². The van der Waals surface area contributed by atoms with Gasteiger partial charge in [0.05, 0.1) is 17.2 Å². The van der Waals surface area contributed by atoms with E-state index in [1.54, 1.807) is 37.8 Å². The number of amides is 1. The third-order valence-electron chi connectivity index (χ3n) is 5.02. The molecule has 1 aliphatic rings. The number of hydrogen-bond donors (Lipinski definition) is 0. The molecule has 1 atom stereocenters. The summed E-state index contributed by atoms with van der Waals surface area (Å²) >= 11 is 0. The van der Waals surface area contributed by atoms with Gasteiger partial charge in [-0.15, -0.1) is 0 Å². The second kappa shape index (κ2) is 9.23. The van der Waals surface area contributed by atoms with Gasteiger partial charge < -0.3 is 14.5 Å². The summed E-state index contributed by atoms with van der Waals surface area (Å²) in [6.45, 7) is 5.55. The molecule has 0 bridgehead atoms. The SMILES string of the molecule is CC(C)(C)OC(=O)N1CC=CC(N(c2ccc(C(F)(F)F)cc2)c2ccc(C(F)(F)F)cc2)C1. The van der Waals surface area contributed by atoms with Crippen LogP contribution in [0.25, 0.3) is 0 Å². The molecule has 0 N–H and O–H groups in total. The minimum absolute atomic E-state index is 0.119. The van der Waals surface area contributed by atoms with Crippen molar-refractivity contribution in [2.75, 3.05) is 18.0 Å². The first-order chi connectivity index (χ1) is 15.6. The van der Waals surface area contributed by atoms with Gasteiger partial charge in [-0.25, -0.2) is 4.79 Å². The standard InChI is InChI=1S/C24H24F6N2O2/c1-22(2,3)34-21(33)31-14-4-5-20(15-31)32(18-10-6-16(7-11-18)23(25,26)27)19-12-8-17(9-13-19)24(28,29)30/h4-13,20H,14-15H2,1-3H3. The van der Waals surface area contributed by atoms with E-state index in [1.807, 2.05) is 0 Å². The summed E-state index contributed by atoms with van der Waals surface area (Å²) in [5, 5.41) is 0. The maximum Gasteiger partial charge on any atom is 0.416 e. The molecular weight excluding hydrogens is 462 g/mol. The van der Waals surface area contributed by atoms with Gasteiger partial charge in [0.1, 0.15) is 5.60 Å². The topological polar surface area (TPSA) is 32.8 Å². The lowest BCUT2D eigenvalue weighted by Gasteiger charge is -2.38. The number of ether oxygens (including phenoxy) is 1. The van der Waals surface area contributed by atoms with Crippen molar-refractivity contribution in [3.63, 3.8) is 0 Å². The Morgan fingerprint density at radius 2 is 1.29 bits per heavy atom. The van der Waals surface area contributed by atoms with Crippen molar-refractivity contribution in [3.05, 3.63) is 71.8 Å². The molecule has 0 spiro atoms. The molecule has 34 heavy (non-hydrogen) atoms. The van der Waals surface area contributed by atoms with E-state index in [2.05, 4.69) is 0 Å². The fourth-order valence-corrected chi connectivity index (χ4v) is 3.50. The molecule has 3 rings (SSSR count). The zero-order valence-electron chi connectivity index (χ0n) is 18.7. The second-order valence-corrected chi connectivity index (χ2v) is 8.84. The fourth-order valence-electron chi connectivity index (χ4n) is 3.50. The van der Waals surface area contributed by atoms with E-state index in [1.165, 1.54) is 29.2 Å². The third kappa shape index (κ3) is 6.24. The van der Waals surface area contributed by atoms with Gasteiger partial charge in [0.2, 0.25) is 0 Å². The molecule has 0 saturated heterocycles. The zero-order valence-corrected chi connectivity index (χ0v) is 18.7. The van der Waals surface area contributed by atoms with Crippen LogP contribution in [0.5, 0.6) is 0 Å². The first kappa shape index (κ1) is 25.5. The second-order valence-electron chi connectivity index (χ2n) is 8.84. The van der Waals surface area contributed by atoms with E-state index < -0.39 is 41.2 Å². The van der Waals surface area contributed by atoms with Crippen molar-refractivity contribution in [1.29, 1.82) is 0 Å². The van der Waals surface area contributed by atoms with Gasteiger partial charge in [-0.3, -0.25) is 0 Å². The molecule has 1 aliphatic heterocycles. The van der Waals surface area contributed by atoms with Crippen LogP contribution in [0.15, 0.2) is 60.7 Å². The Morgan fingerprint density at radius 1 is 0.853 bits per heavy atom. The molecular formula is C24H24F6N2O2. The monoisotopic (exact) mass is 486 g/mol. The van der Waals surface area contributed by atoms with Crippen molar-refractivity contribution in [2.45, 2.75) is 44.8 Å². The highest BCUT2D eigenvalue weighted by Gasteiger charge is 2.33. The number of hydrogen-bond acceptors (Lipinski definition) is 3. The molecule has 1 amide bonds. The summed E-state index contributed by atoms with van der Waals surface area (Å²) in [6.07, 6.45) is -6.16. The smallest absolute Gasteiger partial charge is 0.416 e. The van der Waals surface area contributed by atoms with E-state index in [-0.39, 0.29) is 13.1 Å². The van der Waals surface area contributed by atoms with Gasteiger partial charge in [-0.2, -0.15) is 26.3 Å². The Hall–Kier alpha value is -3.17. The summed E-state index contributed by atoms with van der Waals surface area (Å²) < 4.78 is 83.7. The third-order valence-corrected chi connectivity index (χ3v) is 5.02. The molecule has 184 valence electrons. The first-order valence-corrected chi connectivity index (χ1v) is 10.4. The Bertz CT molecular complexity index is 964. The molecule has 0 fully saturated rings. The van der Waals surface area contributed by atoms with Gasteiger partial charge in [0.25, 0.3) is 0 Å². The predicted molar refractivity (Wildman–Crippen MR) is 116 cm³/mol. The molecule has 10 heteroatoms. The van der Waals surface area contributed by atoms with Gasteiger partial charge in [-0.05, 0) is 69.3 Å². The molecule has 0 aliphatic carbocycles. The predicted octanol–water partition coefficient (Wildman–Crippen LogP) is 7.04. The summed E-state index contributed by atoms with van der Waals surface area (Å²) in [6, 6.07) is 8.07. The first-order valence-electron chi connectivity index (χ1n) is 10.4. The Balaban J connectivity index is 1.97. The van der Waals surface area contributed by atoms with Crippen LogP contribution in [0.1, 0.15) is 31.9 Å².